The number of benzene rings is 1. The molecular weight excluding hydrogens is 274 g/mol. The van der Waals surface area contributed by atoms with Gasteiger partial charge in [-0.25, -0.2) is 4.98 Å². The molecule has 1 atom stereocenters. The van der Waals surface area contributed by atoms with E-state index in [1.54, 1.807) is 6.20 Å². The molecule has 0 saturated carbocycles. The van der Waals surface area contributed by atoms with E-state index in [9.17, 15) is 0 Å². The van der Waals surface area contributed by atoms with Crippen molar-refractivity contribution in [2.75, 3.05) is 37.8 Å². The molecule has 0 saturated heterocycles. The van der Waals surface area contributed by atoms with Gasteiger partial charge in [0.15, 0.2) is 0 Å². The average molecular weight is 299 g/mol. The van der Waals surface area contributed by atoms with Crippen molar-refractivity contribution in [3.05, 3.63) is 47.7 Å². The summed E-state index contributed by atoms with van der Waals surface area (Å²) >= 11 is 0. The van der Waals surface area contributed by atoms with Crippen LogP contribution in [-0.2, 0) is 0 Å². The molecule has 1 aromatic heterocycles. The molecule has 0 bridgehead atoms. The molecule has 5 nitrogen and oxygen atoms in total. The first kappa shape index (κ1) is 16.2. The first-order valence-corrected chi connectivity index (χ1v) is 7.64. The van der Waals surface area contributed by atoms with Crippen LogP contribution in [0.15, 0.2) is 36.5 Å². The Morgan fingerprint density at radius 1 is 1.18 bits per heavy atom. The van der Waals surface area contributed by atoms with Gasteiger partial charge in [-0.1, -0.05) is 29.8 Å². The molecule has 0 aliphatic carbocycles. The van der Waals surface area contributed by atoms with E-state index in [4.69, 9.17) is 0 Å². The van der Waals surface area contributed by atoms with Crippen LogP contribution in [0.5, 0.6) is 0 Å². The second-order valence-electron chi connectivity index (χ2n) is 5.57. The van der Waals surface area contributed by atoms with Gasteiger partial charge in [-0.2, -0.15) is 4.98 Å². The van der Waals surface area contributed by atoms with Crippen LogP contribution in [0.4, 0.5) is 11.8 Å². The van der Waals surface area contributed by atoms with E-state index < -0.39 is 0 Å². The predicted molar refractivity (Wildman–Crippen MR) is 92.3 cm³/mol. The Labute approximate surface area is 132 Å². The van der Waals surface area contributed by atoms with Crippen molar-refractivity contribution in [1.29, 1.82) is 0 Å². The highest BCUT2D eigenvalue weighted by atomic mass is 15.2. The van der Waals surface area contributed by atoms with Gasteiger partial charge in [0, 0.05) is 19.3 Å². The fraction of sp³-hybridized carbons (Fsp3) is 0.412. The lowest BCUT2D eigenvalue weighted by Gasteiger charge is -2.25. The molecule has 0 radical (unpaired) electrons. The number of nitrogens with zero attached hydrogens (tertiary/aromatic N) is 3. The lowest BCUT2D eigenvalue weighted by molar-refractivity contribution is 0.311. The second kappa shape index (κ2) is 7.75. The van der Waals surface area contributed by atoms with Crippen LogP contribution in [0.2, 0.25) is 0 Å². The molecule has 118 valence electrons. The van der Waals surface area contributed by atoms with E-state index in [1.165, 1.54) is 11.1 Å². The number of aromatic nitrogens is 2. The lowest BCUT2D eigenvalue weighted by Crippen LogP contribution is -2.27. The summed E-state index contributed by atoms with van der Waals surface area (Å²) in [7, 11) is 4.18. The quantitative estimate of drug-likeness (QED) is 0.823. The Morgan fingerprint density at radius 3 is 2.68 bits per heavy atom. The zero-order valence-corrected chi connectivity index (χ0v) is 13.8. The minimum atomic E-state index is 0.270. The number of nitrogens with one attached hydrogen (secondary N) is 2. The molecule has 2 rings (SSSR count). The first-order chi connectivity index (χ1) is 10.6. The van der Waals surface area contributed by atoms with Gasteiger partial charge in [0.25, 0.3) is 0 Å². The molecule has 0 spiro atoms. The number of anilines is 2. The van der Waals surface area contributed by atoms with Gasteiger partial charge < -0.3 is 15.5 Å². The zero-order valence-electron chi connectivity index (χ0n) is 13.8. The Kier molecular flexibility index (Phi) is 5.72. The van der Waals surface area contributed by atoms with Crippen molar-refractivity contribution in [2.45, 2.75) is 19.9 Å². The van der Waals surface area contributed by atoms with Gasteiger partial charge >= 0.3 is 0 Å². The highest BCUT2D eigenvalue weighted by Gasteiger charge is 2.14. The van der Waals surface area contributed by atoms with Crippen LogP contribution >= 0.6 is 0 Å². The molecule has 1 aromatic carbocycles. The van der Waals surface area contributed by atoms with Crippen LogP contribution < -0.4 is 10.6 Å². The molecule has 22 heavy (non-hydrogen) atoms. The minimum absolute atomic E-state index is 0.270. The summed E-state index contributed by atoms with van der Waals surface area (Å²) in [6.45, 7) is 5.77. The maximum absolute atomic E-state index is 4.45. The van der Waals surface area contributed by atoms with E-state index in [0.29, 0.717) is 5.95 Å². The van der Waals surface area contributed by atoms with Gasteiger partial charge in [0.05, 0.1) is 6.04 Å². The van der Waals surface area contributed by atoms with Gasteiger partial charge in [-0.3, -0.25) is 0 Å². The highest BCUT2D eigenvalue weighted by molar-refractivity contribution is 5.39. The fourth-order valence-corrected chi connectivity index (χ4v) is 2.39. The van der Waals surface area contributed by atoms with Crippen LogP contribution in [0.1, 0.15) is 24.1 Å². The smallest absolute Gasteiger partial charge is 0.224 e. The Balaban J connectivity index is 2.08. The minimum Gasteiger partial charge on any atom is -0.370 e. The third-order valence-electron chi connectivity index (χ3n) is 3.52. The molecule has 2 aromatic rings. The molecule has 0 aliphatic rings. The fourth-order valence-electron chi connectivity index (χ4n) is 2.39. The Bertz CT molecular complexity index is 597. The van der Waals surface area contributed by atoms with Crippen LogP contribution in [0.25, 0.3) is 0 Å². The summed E-state index contributed by atoms with van der Waals surface area (Å²) in [6.07, 6.45) is 1.77. The molecule has 5 heteroatoms. The second-order valence-corrected chi connectivity index (χ2v) is 5.57. The lowest BCUT2D eigenvalue weighted by atomic mass is 10.0. The van der Waals surface area contributed by atoms with E-state index in [1.807, 2.05) is 6.07 Å². The summed E-state index contributed by atoms with van der Waals surface area (Å²) < 4.78 is 0. The molecule has 0 fully saturated rings. The van der Waals surface area contributed by atoms with Crippen molar-refractivity contribution < 1.29 is 0 Å². The van der Waals surface area contributed by atoms with Crippen LogP contribution in [-0.4, -0.2) is 42.1 Å². The molecule has 1 unspecified atom stereocenters. The first-order valence-electron chi connectivity index (χ1n) is 7.64. The largest absolute Gasteiger partial charge is 0.370 e. The third kappa shape index (κ3) is 4.43. The predicted octanol–water partition coefficient (Wildman–Crippen LogP) is 2.93. The number of hydrogen-bond donors (Lipinski definition) is 2. The summed E-state index contributed by atoms with van der Waals surface area (Å²) in [5.74, 6) is 1.50. The highest BCUT2D eigenvalue weighted by Crippen LogP contribution is 2.19. The maximum atomic E-state index is 4.45. The summed E-state index contributed by atoms with van der Waals surface area (Å²) in [5, 5.41) is 6.53. The monoisotopic (exact) mass is 299 g/mol. The van der Waals surface area contributed by atoms with Crippen molar-refractivity contribution in [3.63, 3.8) is 0 Å². The SMILES string of the molecule is CCNc1ccnc(NCC(c2cccc(C)c2)N(C)C)n1. The summed E-state index contributed by atoms with van der Waals surface area (Å²) in [5.41, 5.74) is 2.56. The number of rotatable bonds is 7. The van der Waals surface area contributed by atoms with Crippen molar-refractivity contribution >= 4 is 11.8 Å². The third-order valence-corrected chi connectivity index (χ3v) is 3.52. The number of hydrogen-bond acceptors (Lipinski definition) is 5. The van der Waals surface area contributed by atoms with Crippen molar-refractivity contribution in [1.82, 2.24) is 14.9 Å². The molecule has 0 amide bonds. The molecule has 2 N–H and O–H groups in total. The standard InChI is InChI=1S/C17H25N5/c1-5-18-16-9-10-19-17(21-16)20-12-15(22(3)4)14-8-6-7-13(2)11-14/h6-11,15H,5,12H2,1-4H3,(H2,18,19,20,21). The van der Waals surface area contributed by atoms with Crippen molar-refractivity contribution in [2.24, 2.45) is 0 Å². The topological polar surface area (TPSA) is 53.1 Å². The summed E-state index contributed by atoms with van der Waals surface area (Å²) in [4.78, 5) is 10.9. The number of aryl methyl sites for hydroxylation is 1. The van der Waals surface area contributed by atoms with E-state index >= 15 is 0 Å². The van der Waals surface area contributed by atoms with Gasteiger partial charge in [-0.15, -0.1) is 0 Å². The zero-order chi connectivity index (χ0) is 15.9. The Hall–Kier alpha value is -2.14. The molecular formula is C17H25N5. The maximum Gasteiger partial charge on any atom is 0.224 e. The van der Waals surface area contributed by atoms with Gasteiger partial charge in [0.1, 0.15) is 5.82 Å². The number of likely N-dealkylation sites (N-methyl/N-ethyl adjacent to an activating group) is 1. The molecule has 0 aliphatic heterocycles. The summed E-state index contributed by atoms with van der Waals surface area (Å²) in [6, 6.07) is 10.7. The average Bonchev–Trinajstić information content (AvgIpc) is 2.48. The van der Waals surface area contributed by atoms with Gasteiger partial charge in [0.2, 0.25) is 5.95 Å². The van der Waals surface area contributed by atoms with Crippen molar-refractivity contribution in [3.8, 4) is 0 Å². The van der Waals surface area contributed by atoms with Crippen LogP contribution in [0.3, 0.4) is 0 Å². The molecule has 1 heterocycles. The van der Waals surface area contributed by atoms with Crippen LogP contribution in [0, 0.1) is 6.92 Å². The van der Waals surface area contributed by atoms with E-state index in [2.05, 4.69) is 77.7 Å². The van der Waals surface area contributed by atoms with E-state index in [0.717, 1.165) is 18.9 Å². The van der Waals surface area contributed by atoms with Gasteiger partial charge in [-0.05, 0) is 39.6 Å². The normalized spacial score (nSPS) is 12.2. The van der Waals surface area contributed by atoms with E-state index in [-0.39, 0.29) is 6.04 Å². The Morgan fingerprint density at radius 2 is 2.00 bits per heavy atom.